The lowest BCUT2D eigenvalue weighted by molar-refractivity contribution is -0.131. The molecule has 3 N–H and O–H groups in total. The van der Waals surface area contributed by atoms with E-state index in [1.165, 1.54) is 0 Å². The predicted octanol–water partition coefficient (Wildman–Crippen LogP) is 1.24. The number of aliphatic hydroxyl groups excluding tert-OH is 1. The number of carbonyl (C=O) groups excluding carboxylic acids is 2. The van der Waals surface area contributed by atoms with Crippen LogP contribution in [0, 0.1) is 5.92 Å². The largest absolute Gasteiger partial charge is 0.387 e. The highest BCUT2D eigenvalue weighted by Gasteiger charge is 2.35. The highest BCUT2D eigenvalue weighted by molar-refractivity contribution is 5.79. The first kappa shape index (κ1) is 19.8. The van der Waals surface area contributed by atoms with Crippen molar-refractivity contribution >= 4 is 11.8 Å². The first-order chi connectivity index (χ1) is 13.1. The normalized spacial score (nSPS) is 25.2. The molecule has 0 radical (unpaired) electrons. The van der Waals surface area contributed by atoms with Crippen molar-refractivity contribution in [3.05, 3.63) is 17.5 Å². The molecule has 0 unspecified atom stereocenters. The number of amides is 2. The van der Waals surface area contributed by atoms with E-state index in [-0.39, 0.29) is 24.0 Å². The molecule has 2 aliphatic rings. The van der Waals surface area contributed by atoms with Crippen molar-refractivity contribution in [1.29, 1.82) is 0 Å². The Morgan fingerprint density at radius 3 is 2.85 bits per heavy atom. The van der Waals surface area contributed by atoms with Crippen LogP contribution in [0.25, 0.3) is 0 Å². The zero-order chi connectivity index (χ0) is 19.2. The van der Waals surface area contributed by atoms with Gasteiger partial charge in [0.1, 0.15) is 18.1 Å². The minimum absolute atomic E-state index is 0.0526. The van der Waals surface area contributed by atoms with E-state index in [1.54, 1.807) is 0 Å². The molecule has 2 aliphatic carbocycles. The Balaban J connectivity index is 1.51. The van der Waals surface area contributed by atoms with Crippen molar-refractivity contribution in [2.24, 2.45) is 5.92 Å². The number of aromatic nitrogens is 1. The van der Waals surface area contributed by atoms with Crippen molar-refractivity contribution in [2.45, 2.75) is 70.1 Å². The quantitative estimate of drug-likeness (QED) is 0.595. The van der Waals surface area contributed by atoms with Crippen LogP contribution in [0.15, 0.2) is 10.6 Å². The van der Waals surface area contributed by atoms with E-state index in [4.69, 9.17) is 14.4 Å². The van der Waals surface area contributed by atoms with Crippen LogP contribution in [0.3, 0.4) is 0 Å². The summed E-state index contributed by atoms with van der Waals surface area (Å²) in [6.07, 6.45) is 4.96. The van der Waals surface area contributed by atoms with Crippen LogP contribution in [0.2, 0.25) is 0 Å². The van der Waals surface area contributed by atoms with Gasteiger partial charge in [-0.15, -0.1) is 0 Å². The van der Waals surface area contributed by atoms with Crippen molar-refractivity contribution < 1.29 is 24.0 Å². The summed E-state index contributed by atoms with van der Waals surface area (Å²) < 4.78 is 11.1. The molecule has 1 aromatic rings. The third-order valence-corrected chi connectivity index (χ3v) is 5.18. The van der Waals surface area contributed by atoms with Gasteiger partial charge in [-0.1, -0.05) is 12.1 Å². The van der Waals surface area contributed by atoms with E-state index >= 15 is 0 Å². The average Bonchev–Trinajstić information content (AvgIpc) is 3.43. The van der Waals surface area contributed by atoms with Gasteiger partial charge in [0.25, 0.3) is 0 Å². The number of ether oxygens (including phenoxy) is 1. The minimum Gasteiger partial charge on any atom is -0.387 e. The number of nitrogens with one attached hydrogen (secondary N) is 2. The van der Waals surface area contributed by atoms with Crippen LogP contribution < -0.4 is 10.6 Å². The first-order valence-corrected chi connectivity index (χ1v) is 9.85. The molecular formula is C19H29N3O5. The topological polar surface area (TPSA) is 114 Å². The Morgan fingerprint density at radius 1 is 1.33 bits per heavy atom. The van der Waals surface area contributed by atoms with E-state index in [2.05, 4.69) is 15.8 Å². The van der Waals surface area contributed by atoms with Crippen molar-refractivity contribution in [1.82, 2.24) is 15.8 Å². The molecule has 0 bridgehead atoms. The third kappa shape index (κ3) is 5.52. The maximum Gasteiger partial charge on any atom is 0.246 e. The molecular weight excluding hydrogens is 350 g/mol. The number of nitrogens with zero attached hydrogens (tertiary/aromatic N) is 1. The number of rotatable bonds is 9. The molecule has 8 nitrogen and oxygen atoms in total. The second kappa shape index (κ2) is 9.32. The maximum atomic E-state index is 12.6. The molecule has 2 saturated carbocycles. The fraction of sp³-hybridized carbons (Fsp3) is 0.737. The first-order valence-electron chi connectivity index (χ1n) is 9.85. The van der Waals surface area contributed by atoms with E-state index in [0.29, 0.717) is 38.3 Å². The van der Waals surface area contributed by atoms with Gasteiger partial charge in [-0.05, 0) is 38.5 Å². The Morgan fingerprint density at radius 2 is 2.15 bits per heavy atom. The summed E-state index contributed by atoms with van der Waals surface area (Å²) in [5.41, 5.74) is 0.732. The SMILES string of the molecule is CCCO[C@@H]1CC[C@H](C(=O)NCc2cc(C3CC3)on2)C[C@H]1NC(=O)CO. The van der Waals surface area contributed by atoms with Gasteiger partial charge in [0.05, 0.1) is 18.7 Å². The lowest BCUT2D eigenvalue weighted by Gasteiger charge is -2.35. The molecule has 1 heterocycles. The Labute approximate surface area is 159 Å². The summed E-state index contributed by atoms with van der Waals surface area (Å²) >= 11 is 0. The predicted molar refractivity (Wildman–Crippen MR) is 96.7 cm³/mol. The number of hydrogen-bond donors (Lipinski definition) is 3. The zero-order valence-corrected chi connectivity index (χ0v) is 15.8. The van der Waals surface area contributed by atoms with Gasteiger partial charge in [0, 0.05) is 24.5 Å². The van der Waals surface area contributed by atoms with Gasteiger partial charge in [0.15, 0.2) is 0 Å². The van der Waals surface area contributed by atoms with Crippen LogP contribution in [0.4, 0.5) is 0 Å². The lowest BCUT2D eigenvalue weighted by atomic mass is 9.83. The smallest absolute Gasteiger partial charge is 0.246 e. The fourth-order valence-electron chi connectivity index (χ4n) is 3.55. The van der Waals surface area contributed by atoms with E-state index < -0.39 is 12.5 Å². The molecule has 1 aromatic heterocycles. The maximum absolute atomic E-state index is 12.6. The molecule has 3 rings (SSSR count). The van der Waals surface area contributed by atoms with E-state index in [9.17, 15) is 9.59 Å². The summed E-state index contributed by atoms with van der Waals surface area (Å²) in [7, 11) is 0. The van der Waals surface area contributed by atoms with E-state index in [1.807, 2.05) is 13.0 Å². The molecule has 27 heavy (non-hydrogen) atoms. The third-order valence-electron chi connectivity index (χ3n) is 5.18. The van der Waals surface area contributed by atoms with Gasteiger partial charge in [-0.3, -0.25) is 9.59 Å². The van der Waals surface area contributed by atoms with Gasteiger partial charge >= 0.3 is 0 Å². The van der Waals surface area contributed by atoms with Gasteiger partial charge in [-0.25, -0.2) is 0 Å². The Hall–Kier alpha value is -1.93. The van der Waals surface area contributed by atoms with Crippen molar-refractivity contribution in [2.75, 3.05) is 13.2 Å². The van der Waals surface area contributed by atoms with Crippen LogP contribution in [0.5, 0.6) is 0 Å². The van der Waals surface area contributed by atoms with Crippen molar-refractivity contribution in [3.63, 3.8) is 0 Å². The monoisotopic (exact) mass is 379 g/mol. The fourth-order valence-corrected chi connectivity index (χ4v) is 3.55. The molecule has 2 fully saturated rings. The van der Waals surface area contributed by atoms with Gasteiger partial charge < -0.3 is 25.0 Å². The average molecular weight is 379 g/mol. The zero-order valence-electron chi connectivity index (χ0n) is 15.8. The summed E-state index contributed by atoms with van der Waals surface area (Å²) in [6.45, 7) is 2.42. The van der Waals surface area contributed by atoms with Crippen LogP contribution in [-0.4, -0.2) is 47.4 Å². The van der Waals surface area contributed by atoms with Crippen LogP contribution >= 0.6 is 0 Å². The number of carbonyl (C=O) groups is 2. The van der Waals surface area contributed by atoms with E-state index in [0.717, 1.165) is 30.7 Å². The molecule has 8 heteroatoms. The van der Waals surface area contributed by atoms with Crippen molar-refractivity contribution in [3.8, 4) is 0 Å². The Kier molecular flexibility index (Phi) is 6.84. The molecule has 2 amide bonds. The molecule has 150 valence electrons. The summed E-state index contributed by atoms with van der Waals surface area (Å²) in [6, 6.07) is 1.65. The van der Waals surface area contributed by atoms with Gasteiger partial charge in [0.2, 0.25) is 11.8 Å². The molecule has 0 aromatic carbocycles. The molecule has 0 saturated heterocycles. The summed E-state index contributed by atoms with van der Waals surface area (Å²) in [5.74, 6) is 0.700. The lowest BCUT2D eigenvalue weighted by Crippen LogP contribution is -2.51. The second-order valence-electron chi connectivity index (χ2n) is 7.46. The molecule has 0 spiro atoms. The highest BCUT2D eigenvalue weighted by atomic mass is 16.5. The summed E-state index contributed by atoms with van der Waals surface area (Å²) in [5, 5.41) is 18.7. The Bertz CT molecular complexity index is 643. The summed E-state index contributed by atoms with van der Waals surface area (Å²) in [4.78, 5) is 24.2. The second-order valence-corrected chi connectivity index (χ2v) is 7.46. The van der Waals surface area contributed by atoms with Gasteiger partial charge in [-0.2, -0.15) is 0 Å². The number of hydrogen-bond acceptors (Lipinski definition) is 6. The standard InChI is InChI=1S/C19H29N3O5/c1-2-7-26-16-6-5-13(8-15(16)21-18(24)11-23)19(25)20-10-14-9-17(27-22-14)12-3-4-12/h9,12-13,15-16,23H,2-8,10-11H2,1H3,(H,20,25)(H,21,24)/t13-,15+,16+/m0/s1. The number of aliphatic hydroxyl groups is 1. The van der Waals surface area contributed by atoms with Crippen LogP contribution in [0.1, 0.15) is 62.8 Å². The van der Waals surface area contributed by atoms with Crippen LogP contribution in [-0.2, 0) is 20.9 Å². The molecule has 3 atom stereocenters. The highest BCUT2D eigenvalue weighted by Crippen LogP contribution is 2.40. The minimum atomic E-state index is -0.566. The molecule has 0 aliphatic heterocycles.